The first-order chi connectivity index (χ1) is 12.0. The molecule has 0 heterocycles. The van der Waals surface area contributed by atoms with Crippen molar-refractivity contribution in [2.75, 3.05) is 6.54 Å². The van der Waals surface area contributed by atoms with Crippen LogP contribution in [0.2, 0.25) is 0 Å². The van der Waals surface area contributed by atoms with Gasteiger partial charge in [-0.05, 0) is 37.1 Å². The molecule has 0 radical (unpaired) electrons. The fraction of sp³-hybridized carbons (Fsp3) is 0.250. The molecule has 0 aromatic heterocycles. The van der Waals surface area contributed by atoms with Crippen molar-refractivity contribution in [2.45, 2.75) is 20.5 Å². The smallest absolute Gasteiger partial charge is 0.318 e. The number of nitrogens with one attached hydrogen (secondary N) is 1. The summed E-state index contributed by atoms with van der Waals surface area (Å²) in [6.45, 7) is 3.25. The first-order valence-electron chi connectivity index (χ1n) is 8.04. The molecule has 2 rings (SSSR count). The van der Waals surface area contributed by atoms with Crippen LogP contribution in [0.4, 0.5) is 0 Å². The van der Waals surface area contributed by atoms with E-state index in [4.69, 9.17) is 4.74 Å². The molecule has 1 unspecified atom stereocenters. The lowest BCUT2D eigenvalue weighted by Gasteiger charge is -2.15. The maximum absolute atomic E-state index is 12.2. The number of esters is 1. The Bertz CT molecular complexity index is 755. The van der Waals surface area contributed by atoms with Crippen molar-refractivity contribution in [3.63, 3.8) is 0 Å². The molecule has 0 aliphatic rings. The summed E-state index contributed by atoms with van der Waals surface area (Å²) in [5.41, 5.74) is 2.36. The van der Waals surface area contributed by atoms with E-state index < -0.39 is 11.9 Å². The number of carbonyl (C=O) groups excluding carboxylic acids is 3. The number of Topliss-reactive ketones (excluding diaryl/α,β-unsaturated/α-hetero) is 1. The second-order valence-corrected chi connectivity index (χ2v) is 5.77. The minimum atomic E-state index is -1.02. The number of benzene rings is 2. The lowest BCUT2D eigenvalue weighted by atomic mass is 10.1. The van der Waals surface area contributed by atoms with Crippen LogP contribution >= 0.6 is 0 Å². The third-order valence-corrected chi connectivity index (χ3v) is 3.91. The van der Waals surface area contributed by atoms with Gasteiger partial charge in [-0.1, -0.05) is 42.5 Å². The average Bonchev–Trinajstić information content (AvgIpc) is 2.61. The number of ether oxygens (including phenoxy) is 1. The Kier molecular flexibility index (Phi) is 6.46. The molecule has 5 heteroatoms. The summed E-state index contributed by atoms with van der Waals surface area (Å²) in [5.74, 6) is -2.33. The van der Waals surface area contributed by atoms with E-state index in [1.807, 2.05) is 31.2 Å². The minimum Gasteiger partial charge on any atom is -0.460 e. The van der Waals surface area contributed by atoms with E-state index in [9.17, 15) is 14.4 Å². The number of hydrogen-bond donors (Lipinski definition) is 1. The van der Waals surface area contributed by atoms with E-state index in [1.54, 1.807) is 30.3 Å². The molecule has 2 aromatic rings. The normalized spacial score (nSPS) is 11.4. The van der Waals surface area contributed by atoms with Gasteiger partial charge >= 0.3 is 5.97 Å². The van der Waals surface area contributed by atoms with E-state index >= 15 is 0 Å². The summed E-state index contributed by atoms with van der Waals surface area (Å²) in [7, 11) is 0. The average molecular weight is 339 g/mol. The number of ketones is 1. The molecule has 1 atom stereocenters. The van der Waals surface area contributed by atoms with Crippen LogP contribution in [-0.4, -0.2) is 24.2 Å². The van der Waals surface area contributed by atoms with E-state index in [0.717, 1.165) is 11.1 Å². The van der Waals surface area contributed by atoms with Crippen molar-refractivity contribution < 1.29 is 19.1 Å². The zero-order chi connectivity index (χ0) is 18.2. The fourth-order valence-electron chi connectivity index (χ4n) is 2.30. The minimum absolute atomic E-state index is 0.0876. The van der Waals surface area contributed by atoms with Gasteiger partial charge in [0.15, 0.2) is 0 Å². The van der Waals surface area contributed by atoms with Crippen LogP contribution < -0.4 is 5.32 Å². The summed E-state index contributed by atoms with van der Waals surface area (Å²) < 4.78 is 5.26. The predicted molar refractivity (Wildman–Crippen MR) is 93.9 cm³/mol. The fourth-order valence-corrected chi connectivity index (χ4v) is 2.30. The van der Waals surface area contributed by atoms with Crippen molar-refractivity contribution in [3.05, 3.63) is 71.3 Å². The highest BCUT2D eigenvalue weighted by molar-refractivity contribution is 5.99. The summed E-state index contributed by atoms with van der Waals surface area (Å²) in [6.07, 6.45) is 0. The second kappa shape index (κ2) is 8.78. The summed E-state index contributed by atoms with van der Waals surface area (Å²) in [5, 5.41) is 2.61. The molecule has 1 N–H and O–H groups in total. The van der Waals surface area contributed by atoms with E-state index in [2.05, 4.69) is 5.32 Å². The third-order valence-electron chi connectivity index (χ3n) is 3.91. The molecular weight excluding hydrogens is 318 g/mol. The zero-order valence-electron chi connectivity index (χ0n) is 14.3. The Morgan fingerprint density at radius 1 is 1.00 bits per heavy atom. The zero-order valence-corrected chi connectivity index (χ0v) is 14.3. The van der Waals surface area contributed by atoms with Gasteiger partial charge in [-0.3, -0.25) is 14.4 Å². The van der Waals surface area contributed by atoms with Gasteiger partial charge in [-0.25, -0.2) is 0 Å². The van der Waals surface area contributed by atoms with Crippen molar-refractivity contribution >= 4 is 17.7 Å². The number of amides is 1. The van der Waals surface area contributed by atoms with Crippen LogP contribution in [0.25, 0.3) is 0 Å². The van der Waals surface area contributed by atoms with E-state index in [1.165, 1.54) is 6.92 Å². The van der Waals surface area contributed by atoms with Gasteiger partial charge in [0.1, 0.15) is 18.3 Å². The van der Waals surface area contributed by atoms with E-state index in [0.29, 0.717) is 5.56 Å². The number of aryl methyl sites for hydroxylation is 1. The molecular formula is C20H21NO4. The van der Waals surface area contributed by atoms with Crippen LogP contribution in [0.1, 0.15) is 28.4 Å². The Labute approximate surface area is 147 Å². The molecule has 0 saturated carbocycles. The van der Waals surface area contributed by atoms with Gasteiger partial charge in [0.05, 0.1) is 0 Å². The Morgan fingerprint density at radius 3 is 2.28 bits per heavy atom. The maximum atomic E-state index is 12.2. The SMILES string of the molecule is CC(=O)C(CNC(=O)c1ccccc1)C(=O)OCc1ccccc1C. The summed E-state index contributed by atoms with van der Waals surface area (Å²) >= 11 is 0. The Morgan fingerprint density at radius 2 is 1.64 bits per heavy atom. The molecule has 130 valence electrons. The highest BCUT2D eigenvalue weighted by Gasteiger charge is 2.26. The van der Waals surface area contributed by atoms with Crippen LogP contribution in [0.15, 0.2) is 54.6 Å². The quantitative estimate of drug-likeness (QED) is 0.622. The van der Waals surface area contributed by atoms with Crippen LogP contribution in [0.5, 0.6) is 0 Å². The van der Waals surface area contributed by atoms with Gasteiger partial charge in [0.25, 0.3) is 5.91 Å². The van der Waals surface area contributed by atoms with Gasteiger partial charge in [0, 0.05) is 12.1 Å². The van der Waals surface area contributed by atoms with Crippen molar-refractivity contribution in [1.82, 2.24) is 5.32 Å². The lowest BCUT2D eigenvalue weighted by Crippen LogP contribution is -2.37. The first-order valence-corrected chi connectivity index (χ1v) is 8.04. The molecule has 25 heavy (non-hydrogen) atoms. The van der Waals surface area contributed by atoms with Crippen molar-refractivity contribution in [1.29, 1.82) is 0 Å². The Hall–Kier alpha value is -2.95. The molecule has 2 aromatic carbocycles. The number of rotatable bonds is 7. The molecule has 0 fully saturated rings. The highest BCUT2D eigenvalue weighted by atomic mass is 16.5. The summed E-state index contributed by atoms with van der Waals surface area (Å²) in [6, 6.07) is 16.2. The van der Waals surface area contributed by atoms with Crippen LogP contribution in [0.3, 0.4) is 0 Å². The number of carbonyl (C=O) groups is 3. The number of hydrogen-bond acceptors (Lipinski definition) is 4. The molecule has 5 nitrogen and oxygen atoms in total. The molecule has 0 saturated heterocycles. The predicted octanol–water partition coefficient (Wildman–Crippen LogP) is 2.67. The Balaban J connectivity index is 1.93. The monoisotopic (exact) mass is 339 g/mol. The van der Waals surface area contributed by atoms with Gasteiger partial charge < -0.3 is 10.1 Å². The molecule has 0 bridgehead atoms. The molecule has 0 aliphatic heterocycles. The van der Waals surface area contributed by atoms with Gasteiger partial charge in [-0.2, -0.15) is 0 Å². The standard InChI is InChI=1S/C20H21NO4/c1-14-8-6-7-11-17(14)13-25-20(24)18(15(2)22)12-21-19(23)16-9-4-3-5-10-16/h3-11,18H,12-13H2,1-2H3,(H,21,23). The molecule has 0 aliphatic carbocycles. The van der Waals surface area contributed by atoms with Crippen molar-refractivity contribution in [2.24, 2.45) is 5.92 Å². The first kappa shape index (κ1) is 18.4. The van der Waals surface area contributed by atoms with Crippen LogP contribution in [-0.2, 0) is 20.9 Å². The van der Waals surface area contributed by atoms with Gasteiger partial charge in [0.2, 0.25) is 0 Å². The topological polar surface area (TPSA) is 72.5 Å². The lowest BCUT2D eigenvalue weighted by molar-refractivity contribution is -0.152. The molecule has 0 spiro atoms. The largest absolute Gasteiger partial charge is 0.460 e. The van der Waals surface area contributed by atoms with E-state index in [-0.39, 0.29) is 24.8 Å². The highest BCUT2D eigenvalue weighted by Crippen LogP contribution is 2.10. The van der Waals surface area contributed by atoms with Gasteiger partial charge in [-0.15, -0.1) is 0 Å². The second-order valence-electron chi connectivity index (χ2n) is 5.77. The third kappa shape index (κ3) is 5.28. The van der Waals surface area contributed by atoms with Crippen molar-refractivity contribution in [3.8, 4) is 0 Å². The summed E-state index contributed by atoms with van der Waals surface area (Å²) in [4.78, 5) is 36.0. The molecule has 1 amide bonds. The maximum Gasteiger partial charge on any atom is 0.318 e. The van der Waals surface area contributed by atoms with Crippen LogP contribution in [0, 0.1) is 12.8 Å².